The Bertz CT molecular complexity index is 618. The first-order chi connectivity index (χ1) is 9.97. The van der Waals surface area contributed by atoms with E-state index in [1.807, 2.05) is 19.9 Å². The molecule has 6 heteroatoms. The van der Waals surface area contributed by atoms with E-state index in [0.29, 0.717) is 33.8 Å². The van der Waals surface area contributed by atoms with Crippen molar-refractivity contribution < 1.29 is 9.32 Å². The van der Waals surface area contributed by atoms with Crippen LogP contribution in [-0.4, -0.2) is 11.1 Å². The van der Waals surface area contributed by atoms with Gasteiger partial charge in [0.2, 0.25) is 5.91 Å². The third-order valence-electron chi connectivity index (χ3n) is 3.03. The summed E-state index contributed by atoms with van der Waals surface area (Å²) in [5.41, 5.74) is 1.49. The van der Waals surface area contributed by atoms with Crippen molar-refractivity contribution in [2.45, 2.75) is 32.7 Å². The lowest BCUT2D eigenvalue weighted by molar-refractivity contribution is -0.120. The zero-order valence-electron chi connectivity index (χ0n) is 11.8. The van der Waals surface area contributed by atoms with Crippen LogP contribution in [0.4, 0.5) is 0 Å². The number of hydrogen-bond donors (Lipinski definition) is 1. The smallest absolute Gasteiger partial charge is 0.224 e. The third-order valence-corrected chi connectivity index (χ3v) is 3.74. The Morgan fingerprint density at radius 2 is 2.00 bits per heavy atom. The van der Waals surface area contributed by atoms with Crippen molar-refractivity contribution in [2.24, 2.45) is 0 Å². The average molecular weight is 327 g/mol. The van der Waals surface area contributed by atoms with Crippen molar-refractivity contribution in [3.63, 3.8) is 0 Å². The Labute approximate surface area is 133 Å². The number of carbonyl (C=O) groups is 1. The van der Waals surface area contributed by atoms with Crippen molar-refractivity contribution in [1.29, 1.82) is 0 Å². The minimum absolute atomic E-state index is 0.129. The number of carbonyl (C=O) groups excluding carboxylic acids is 1. The van der Waals surface area contributed by atoms with Gasteiger partial charge in [-0.2, -0.15) is 0 Å². The van der Waals surface area contributed by atoms with Crippen LogP contribution >= 0.6 is 23.2 Å². The second kappa shape index (κ2) is 6.96. The lowest BCUT2D eigenvalue weighted by Gasteiger charge is -2.07. The van der Waals surface area contributed by atoms with Crippen LogP contribution in [0, 0.1) is 0 Å². The van der Waals surface area contributed by atoms with E-state index in [2.05, 4.69) is 10.5 Å². The minimum Gasteiger partial charge on any atom is -0.359 e. The molecule has 1 heterocycles. The second-order valence-corrected chi connectivity index (χ2v) is 5.84. The summed E-state index contributed by atoms with van der Waals surface area (Å²) >= 11 is 12.1. The molecular formula is C15H16Cl2N2O2. The largest absolute Gasteiger partial charge is 0.359 e. The topological polar surface area (TPSA) is 55.1 Å². The van der Waals surface area contributed by atoms with E-state index < -0.39 is 0 Å². The number of rotatable bonds is 5. The highest BCUT2D eigenvalue weighted by molar-refractivity contribution is 6.36. The first kappa shape index (κ1) is 15.9. The average Bonchev–Trinajstić information content (AvgIpc) is 2.90. The molecule has 4 nitrogen and oxygen atoms in total. The summed E-state index contributed by atoms with van der Waals surface area (Å²) in [5.74, 6) is 0.741. The molecule has 1 aromatic carbocycles. The van der Waals surface area contributed by atoms with Crippen LogP contribution in [0.1, 0.15) is 36.8 Å². The Morgan fingerprint density at radius 3 is 2.57 bits per heavy atom. The van der Waals surface area contributed by atoms with Crippen LogP contribution in [0.3, 0.4) is 0 Å². The number of amides is 1. The monoisotopic (exact) mass is 326 g/mol. The van der Waals surface area contributed by atoms with E-state index in [9.17, 15) is 4.79 Å². The highest BCUT2D eigenvalue weighted by Gasteiger charge is 2.12. The lowest BCUT2D eigenvalue weighted by Crippen LogP contribution is -2.24. The maximum absolute atomic E-state index is 11.9. The summed E-state index contributed by atoms with van der Waals surface area (Å²) in [6.45, 7) is 4.35. The minimum atomic E-state index is -0.174. The van der Waals surface area contributed by atoms with Gasteiger partial charge in [0.15, 0.2) is 5.76 Å². The SMILES string of the molecule is CC(C)c1cc(CNC(=O)Cc2c(Cl)cccc2Cl)on1. The van der Waals surface area contributed by atoms with Crippen molar-refractivity contribution in [3.8, 4) is 0 Å². The summed E-state index contributed by atoms with van der Waals surface area (Å²) in [6, 6.07) is 7.00. The van der Waals surface area contributed by atoms with Crippen LogP contribution in [0.2, 0.25) is 10.0 Å². The summed E-state index contributed by atoms with van der Waals surface area (Å²) in [4.78, 5) is 11.9. The van der Waals surface area contributed by atoms with Gasteiger partial charge in [-0.15, -0.1) is 0 Å². The van der Waals surface area contributed by atoms with E-state index in [0.717, 1.165) is 5.69 Å². The molecule has 0 fully saturated rings. The van der Waals surface area contributed by atoms with Crippen molar-refractivity contribution >= 4 is 29.1 Å². The van der Waals surface area contributed by atoms with Crippen LogP contribution in [0.25, 0.3) is 0 Å². The van der Waals surface area contributed by atoms with E-state index >= 15 is 0 Å². The van der Waals surface area contributed by atoms with Crippen LogP contribution < -0.4 is 5.32 Å². The molecule has 0 atom stereocenters. The molecule has 0 aliphatic carbocycles. The van der Waals surface area contributed by atoms with Crippen molar-refractivity contribution in [2.75, 3.05) is 0 Å². The van der Waals surface area contributed by atoms with Crippen molar-refractivity contribution in [3.05, 3.63) is 51.3 Å². The lowest BCUT2D eigenvalue weighted by atomic mass is 10.1. The fourth-order valence-corrected chi connectivity index (χ4v) is 2.33. The maximum atomic E-state index is 11.9. The molecule has 1 N–H and O–H groups in total. The summed E-state index contributed by atoms with van der Waals surface area (Å²) in [7, 11) is 0. The highest BCUT2D eigenvalue weighted by atomic mass is 35.5. The Kier molecular flexibility index (Phi) is 5.26. The molecule has 1 amide bonds. The predicted molar refractivity (Wildman–Crippen MR) is 82.6 cm³/mol. The van der Waals surface area contributed by atoms with Crippen LogP contribution in [0.5, 0.6) is 0 Å². The van der Waals surface area contributed by atoms with Gasteiger partial charge in [0.05, 0.1) is 18.7 Å². The number of benzene rings is 1. The molecule has 0 aliphatic heterocycles. The zero-order valence-corrected chi connectivity index (χ0v) is 13.3. The molecule has 0 saturated heterocycles. The van der Waals surface area contributed by atoms with Gasteiger partial charge >= 0.3 is 0 Å². The fourth-order valence-electron chi connectivity index (χ4n) is 1.79. The van der Waals surface area contributed by atoms with Gasteiger partial charge in [-0.3, -0.25) is 4.79 Å². The Balaban J connectivity index is 1.93. The molecule has 0 bridgehead atoms. The normalized spacial score (nSPS) is 10.9. The molecule has 0 spiro atoms. The summed E-state index contributed by atoms with van der Waals surface area (Å²) in [6.07, 6.45) is 0.129. The first-order valence-corrected chi connectivity index (χ1v) is 7.38. The Hall–Kier alpha value is -1.52. The first-order valence-electron chi connectivity index (χ1n) is 6.62. The van der Waals surface area contributed by atoms with Gasteiger partial charge in [0.25, 0.3) is 0 Å². The van der Waals surface area contributed by atoms with Gasteiger partial charge in [-0.05, 0) is 23.6 Å². The standard InChI is InChI=1S/C15H16Cl2N2O2/c1-9(2)14-6-10(21-19-14)8-18-15(20)7-11-12(16)4-3-5-13(11)17/h3-6,9H,7-8H2,1-2H3,(H,18,20). The number of hydrogen-bond acceptors (Lipinski definition) is 3. The van der Waals surface area contributed by atoms with E-state index in [4.69, 9.17) is 27.7 Å². The van der Waals surface area contributed by atoms with Gasteiger partial charge < -0.3 is 9.84 Å². The van der Waals surface area contributed by atoms with Gasteiger partial charge in [0.1, 0.15) is 0 Å². The molecule has 21 heavy (non-hydrogen) atoms. The number of nitrogens with one attached hydrogen (secondary N) is 1. The second-order valence-electron chi connectivity index (χ2n) is 5.03. The summed E-state index contributed by atoms with van der Waals surface area (Å²) in [5, 5.41) is 7.67. The third kappa shape index (κ3) is 4.22. The molecule has 112 valence electrons. The van der Waals surface area contributed by atoms with Crippen LogP contribution in [-0.2, 0) is 17.8 Å². The predicted octanol–water partition coefficient (Wildman–Crippen LogP) is 3.96. The van der Waals surface area contributed by atoms with E-state index in [-0.39, 0.29) is 12.3 Å². The van der Waals surface area contributed by atoms with Crippen LogP contribution in [0.15, 0.2) is 28.8 Å². The molecular weight excluding hydrogens is 311 g/mol. The summed E-state index contributed by atoms with van der Waals surface area (Å²) < 4.78 is 5.16. The molecule has 2 aromatic rings. The fraction of sp³-hybridized carbons (Fsp3) is 0.333. The van der Waals surface area contributed by atoms with Crippen molar-refractivity contribution in [1.82, 2.24) is 10.5 Å². The quantitative estimate of drug-likeness (QED) is 0.904. The molecule has 0 aliphatic rings. The number of halogens is 2. The van der Waals surface area contributed by atoms with E-state index in [1.165, 1.54) is 0 Å². The van der Waals surface area contributed by atoms with Gasteiger partial charge in [-0.25, -0.2) is 0 Å². The molecule has 0 saturated carbocycles. The number of nitrogens with zero attached hydrogens (tertiary/aromatic N) is 1. The molecule has 0 radical (unpaired) electrons. The van der Waals surface area contributed by atoms with E-state index in [1.54, 1.807) is 18.2 Å². The molecule has 2 rings (SSSR count). The molecule has 0 unspecified atom stereocenters. The zero-order chi connectivity index (χ0) is 15.4. The van der Waals surface area contributed by atoms with Gasteiger partial charge in [-0.1, -0.05) is 48.3 Å². The molecule has 1 aromatic heterocycles. The number of aromatic nitrogens is 1. The van der Waals surface area contributed by atoms with Gasteiger partial charge in [0, 0.05) is 16.1 Å². The highest BCUT2D eigenvalue weighted by Crippen LogP contribution is 2.24. The maximum Gasteiger partial charge on any atom is 0.224 e. The Morgan fingerprint density at radius 1 is 1.33 bits per heavy atom.